The second-order valence-corrected chi connectivity index (χ2v) is 4.02. The molecule has 6 nitrogen and oxygen atoms in total. The van der Waals surface area contributed by atoms with Gasteiger partial charge in [0.2, 0.25) is 0 Å². The molecule has 0 aromatic carbocycles. The highest BCUT2D eigenvalue weighted by Crippen LogP contribution is 2.19. The van der Waals surface area contributed by atoms with E-state index in [1.807, 2.05) is 0 Å². The Morgan fingerprint density at radius 2 is 1.94 bits per heavy atom. The summed E-state index contributed by atoms with van der Waals surface area (Å²) in [6.07, 6.45) is 0.741. The Morgan fingerprint density at radius 3 is 2.25 bits per heavy atom. The van der Waals surface area contributed by atoms with Gasteiger partial charge in [0.25, 0.3) is 0 Å². The van der Waals surface area contributed by atoms with Gasteiger partial charge in [-0.1, -0.05) is 0 Å². The number of esters is 1. The Labute approximate surface area is 94.8 Å². The monoisotopic (exact) mass is 236 g/mol. The Morgan fingerprint density at radius 1 is 1.44 bits per heavy atom. The fraction of sp³-hybridized carbons (Fsp3) is 0.900. The van der Waals surface area contributed by atoms with Crippen molar-refractivity contribution in [3.8, 4) is 0 Å². The summed E-state index contributed by atoms with van der Waals surface area (Å²) in [6, 6.07) is 0. The van der Waals surface area contributed by atoms with Gasteiger partial charge in [0.1, 0.15) is 0 Å². The number of methoxy groups -OCH3 is 1. The lowest BCUT2D eigenvalue weighted by Gasteiger charge is -2.08. The van der Waals surface area contributed by atoms with Crippen LogP contribution in [0.5, 0.6) is 0 Å². The molecule has 2 atom stereocenters. The number of ether oxygens (including phenoxy) is 2. The first-order valence-corrected chi connectivity index (χ1v) is 5.06. The topological polar surface area (TPSA) is 96.2 Å². The first kappa shape index (κ1) is 15.3. The van der Waals surface area contributed by atoms with E-state index in [0.29, 0.717) is 6.42 Å². The van der Waals surface area contributed by atoms with E-state index in [2.05, 4.69) is 4.74 Å². The highest BCUT2D eigenvalue weighted by Gasteiger charge is 2.30. The third-order valence-electron chi connectivity index (χ3n) is 1.78. The lowest BCUT2D eigenvalue weighted by molar-refractivity contribution is -0.153. The van der Waals surface area contributed by atoms with E-state index >= 15 is 0 Å². The number of hydrogen-bond donors (Lipinski definition) is 3. The maximum absolute atomic E-state index is 10.8. The minimum Gasteiger partial charge on any atom is -0.467 e. The van der Waals surface area contributed by atoms with Crippen LogP contribution in [0.3, 0.4) is 0 Å². The average molecular weight is 236 g/mol. The van der Waals surface area contributed by atoms with Crippen LogP contribution >= 0.6 is 0 Å². The highest BCUT2D eigenvalue weighted by atomic mass is 16.6. The van der Waals surface area contributed by atoms with Crippen molar-refractivity contribution in [1.29, 1.82) is 0 Å². The van der Waals surface area contributed by atoms with Crippen LogP contribution in [-0.2, 0) is 14.3 Å². The van der Waals surface area contributed by atoms with Crippen molar-refractivity contribution in [2.75, 3.05) is 13.7 Å². The molecule has 0 amide bonds. The number of rotatable bonds is 2. The molecule has 0 aromatic rings. The van der Waals surface area contributed by atoms with Gasteiger partial charge in [0.15, 0.2) is 11.9 Å². The van der Waals surface area contributed by atoms with E-state index < -0.39 is 11.9 Å². The first-order chi connectivity index (χ1) is 7.27. The third kappa shape index (κ3) is 7.58. The molecule has 16 heavy (non-hydrogen) atoms. The Bertz CT molecular complexity index is 204. The van der Waals surface area contributed by atoms with Gasteiger partial charge in [0, 0.05) is 0 Å². The van der Waals surface area contributed by atoms with Crippen molar-refractivity contribution in [2.45, 2.75) is 44.7 Å². The standard InChI is InChI=1S/C7H12O4.C3H8O2/c1-10-7(9)6-3-2-5(4-8)11-6;1-3(2,4)5/h5-6,8H,2-4H2,1H3;4-5H,1-2H3. The molecular formula is C10H20O6. The lowest BCUT2D eigenvalue weighted by atomic mass is 10.2. The summed E-state index contributed by atoms with van der Waals surface area (Å²) in [7, 11) is 1.33. The molecule has 1 aliphatic heterocycles. The SMILES string of the molecule is CC(C)(O)O.COC(=O)C1CCC(CO)O1. The largest absolute Gasteiger partial charge is 0.467 e. The van der Waals surface area contributed by atoms with Crippen LogP contribution in [0.15, 0.2) is 0 Å². The lowest BCUT2D eigenvalue weighted by Crippen LogP contribution is -2.23. The fourth-order valence-electron chi connectivity index (χ4n) is 1.14. The molecule has 0 radical (unpaired) electrons. The van der Waals surface area contributed by atoms with Crippen LogP contribution in [0.2, 0.25) is 0 Å². The van der Waals surface area contributed by atoms with Crippen molar-refractivity contribution in [3.63, 3.8) is 0 Å². The third-order valence-corrected chi connectivity index (χ3v) is 1.78. The van der Waals surface area contributed by atoms with Crippen molar-refractivity contribution < 1.29 is 29.6 Å². The van der Waals surface area contributed by atoms with E-state index in [1.54, 1.807) is 0 Å². The molecule has 1 rings (SSSR count). The van der Waals surface area contributed by atoms with Gasteiger partial charge in [-0.3, -0.25) is 0 Å². The van der Waals surface area contributed by atoms with E-state index in [1.165, 1.54) is 21.0 Å². The Hall–Kier alpha value is -0.690. The Balaban J connectivity index is 0.000000385. The van der Waals surface area contributed by atoms with Gasteiger partial charge in [-0.2, -0.15) is 0 Å². The maximum Gasteiger partial charge on any atom is 0.334 e. The van der Waals surface area contributed by atoms with Crippen molar-refractivity contribution in [2.24, 2.45) is 0 Å². The van der Waals surface area contributed by atoms with Gasteiger partial charge in [0.05, 0.1) is 19.8 Å². The van der Waals surface area contributed by atoms with Crippen molar-refractivity contribution in [1.82, 2.24) is 0 Å². The zero-order valence-electron chi connectivity index (χ0n) is 9.84. The van der Waals surface area contributed by atoms with Crippen LogP contribution in [0.25, 0.3) is 0 Å². The van der Waals surface area contributed by atoms with Gasteiger partial charge < -0.3 is 24.8 Å². The fourth-order valence-corrected chi connectivity index (χ4v) is 1.14. The number of hydrogen-bond acceptors (Lipinski definition) is 6. The van der Waals surface area contributed by atoms with E-state index in [0.717, 1.165) is 6.42 Å². The number of aliphatic hydroxyl groups excluding tert-OH is 1. The van der Waals surface area contributed by atoms with Crippen LogP contribution in [0, 0.1) is 0 Å². The van der Waals surface area contributed by atoms with Gasteiger partial charge in [-0.05, 0) is 26.7 Å². The van der Waals surface area contributed by atoms with Crippen LogP contribution in [0.1, 0.15) is 26.7 Å². The summed E-state index contributed by atoms with van der Waals surface area (Å²) in [5.41, 5.74) is 0. The normalized spacial score (nSPS) is 24.6. The minimum absolute atomic E-state index is 0.0203. The predicted octanol–water partition coefficient (Wildman–Crippen LogP) is -0.594. The van der Waals surface area contributed by atoms with Gasteiger partial charge >= 0.3 is 5.97 Å². The van der Waals surface area contributed by atoms with Gasteiger partial charge in [-0.15, -0.1) is 0 Å². The number of carbonyl (C=O) groups is 1. The van der Waals surface area contributed by atoms with Crippen LogP contribution < -0.4 is 0 Å². The second kappa shape index (κ2) is 6.80. The quantitative estimate of drug-likeness (QED) is 0.438. The molecule has 96 valence electrons. The summed E-state index contributed by atoms with van der Waals surface area (Å²) < 4.78 is 9.62. The summed E-state index contributed by atoms with van der Waals surface area (Å²) >= 11 is 0. The molecule has 1 fully saturated rings. The molecule has 1 aliphatic rings. The first-order valence-electron chi connectivity index (χ1n) is 5.06. The predicted molar refractivity (Wildman–Crippen MR) is 55.5 cm³/mol. The molecule has 0 saturated carbocycles. The van der Waals surface area contributed by atoms with E-state index in [9.17, 15) is 4.79 Å². The molecule has 3 N–H and O–H groups in total. The summed E-state index contributed by atoms with van der Waals surface area (Å²) in [5, 5.41) is 24.8. The molecule has 2 unspecified atom stereocenters. The number of carbonyl (C=O) groups excluding carboxylic acids is 1. The number of aliphatic hydroxyl groups is 3. The van der Waals surface area contributed by atoms with E-state index in [-0.39, 0.29) is 18.7 Å². The van der Waals surface area contributed by atoms with Crippen LogP contribution in [0.4, 0.5) is 0 Å². The summed E-state index contributed by atoms with van der Waals surface area (Å²) in [4.78, 5) is 10.8. The molecule has 6 heteroatoms. The van der Waals surface area contributed by atoms with Gasteiger partial charge in [-0.25, -0.2) is 4.79 Å². The smallest absolute Gasteiger partial charge is 0.334 e. The summed E-state index contributed by atoms with van der Waals surface area (Å²) in [6.45, 7) is 2.58. The minimum atomic E-state index is -1.50. The molecule has 1 heterocycles. The molecule has 0 bridgehead atoms. The van der Waals surface area contributed by atoms with Crippen molar-refractivity contribution >= 4 is 5.97 Å². The maximum atomic E-state index is 10.8. The molecule has 0 spiro atoms. The highest BCUT2D eigenvalue weighted by molar-refractivity contribution is 5.74. The molecule has 0 aromatic heterocycles. The zero-order chi connectivity index (χ0) is 12.8. The average Bonchev–Trinajstić information content (AvgIpc) is 2.62. The molecular weight excluding hydrogens is 216 g/mol. The summed E-state index contributed by atoms with van der Waals surface area (Å²) in [5.74, 6) is -1.85. The second-order valence-electron chi connectivity index (χ2n) is 4.02. The van der Waals surface area contributed by atoms with Crippen LogP contribution in [-0.4, -0.2) is 53.0 Å². The van der Waals surface area contributed by atoms with Crippen molar-refractivity contribution in [3.05, 3.63) is 0 Å². The Kier molecular flexibility index (Phi) is 6.51. The molecule has 1 saturated heterocycles. The molecule has 0 aliphatic carbocycles. The zero-order valence-corrected chi connectivity index (χ0v) is 9.84. The van der Waals surface area contributed by atoms with E-state index in [4.69, 9.17) is 20.1 Å².